The lowest BCUT2D eigenvalue weighted by Crippen LogP contribution is -2.32. The van der Waals surface area contributed by atoms with Crippen molar-refractivity contribution in [3.8, 4) is 17.6 Å². The van der Waals surface area contributed by atoms with Gasteiger partial charge in [-0.15, -0.1) is 0 Å². The first-order valence-electron chi connectivity index (χ1n) is 9.19. The number of carbonyl (C=O) groups is 2. The van der Waals surface area contributed by atoms with Crippen molar-refractivity contribution in [3.05, 3.63) is 83.1 Å². The maximum atomic E-state index is 13.2. The van der Waals surface area contributed by atoms with Crippen molar-refractivity contribution >= 4 is 17.5 Å². The lowest BCUT2D eigenvalue weighted by molar-refractivity contribution is -0.115. The summed E-state index contributed by atoms with van der Waals surface area (Å²) >= 11 is 0. The van der Waals surface area contributed by atoms with Crippen molar-refractivity contribution in [2.75, 3.05) is 11.4 Å². The predicted octanol–water partition coefficient (Wildman–Crippen LogP) is 3.19. The lowest BCUT2D eigenvalue weighted by Gasteiger charge is -2.20. The normalized spacial score (nSPS) is 14.8. The van der Waals surface area contributed by atoms with Crippen LogP contribution in [0.3, 0.4) is 0 Å². The van der Waals surface area contributed by atoms with Crippen LogP contribution in [0.5, 0.6) is 5.75 Å². The van der Waals surface area contributed by atoms with Crippen LogP contribution in [-0.2, 0) is 4.79 Å². The maximum Gasteiger partial charge on any atom is 0.274 e. The molecule has 2 N–H and O–H groups in total. The van der Waals surface area contributed by atoms with Gasteiger partial charge in [-0.1, -0.05) is 30.0 Å². The molecule has 2 amide bonds. The Hall–Kier alpha value is -3.82. The van der Waals surface area contributed by atoms with E-state index in [1.165, 1.54) is 0 Å². The van der Waals surface area contributed by atoms with E-state index < -0.39 is 5.91 Å². The second kappa shape index (κ2) is 8.05. The van der Waals surface area contributed by atoms with Gasteiger partial charge in [0.1, 0.15) is 5.76 Å². The summed E-state index contributed by atoms with van der Waals surface area (Å²) in [7, 11) is 0. The number of para-hydroxylation sites is 2. The first-order chi connectivity index (χ1) is 14.2. The number of ether oxygens (including phenoxy) is 1. The zero-order valence-corrected chi connectivity index (χ0v) is 15.5. The van der Waals surface area contributed by atoms with Crippen LogP contribution in [0.25, 0.3) is 0 Å². The van der Waals surface area contributed by atoms with E-state index >= 15 is 0 Å². The Balaban J connectivity index is 1.60. The van der Waals surface area contributed by atoms with Crippen LogP contribution in [0.4, 0.5) is 5.69 Å². The summed E-state index contributed by atoms with van der Waals surface area (Å²) < 4.78 is 6.00. The third-order valence-corrected chi connectivity index (χ3v) is 4.73. The fourth-order valence-corrected chi connectivity index (χ4v) is 3.25. The third kappa shape index (κ3) is 3.77. The number of nitrogens with zero attached hydrogens (tertiary/aromatic N) is 1. The molecule has 2 aromatic rings. The number of amides is 2. The molecule has 0 saturated carbocycles. The number of hydroxylamine groups is 1. The molecule has 2 aliphatic rings. The number of benzene rings is 2. The number of carbonyl (C=O) groups excluding carboxylic acids is 2. The van der Waals surface area contributed by atoms with Gasteiger partial charge in [0.25, 0.3) is 11.8 Å². The average Bonchev–Trinajstić information content (AvgIpc) is 2.88. The number of rotatable bonds is 2. The van der Waals surface area contributed by atoms with Crippen LogP contribution in [0, 0.1) is 11.8 Å². The summed E-state index contributed by atoms with van der Waals surface area (Å²) in [6.45, 7) is 0.207. The van der Waals surface area contributed by atoms with Gasteiger partial charge in [-0.05, 0) is 55.3 Å². The quantitative estimate of drug-likeness (QED) is 0.472. The van der Waals surface area contributed by atoms with Gasteiger partial charge < -0.3 is 4.74 Å². The summed E-state index contributed by atoms with van der Waals surface area (Å²) in [5, 5.41) is 8.67. The van der Waals surface area contributed by atoms with Gasteiger partial charge >= 0.3 is 0 Å². The minimum atomic E-state index is -0.582. The molecule has 0 fully saturated rings. The molecule has 0 radical (unpaired) electrons. The Kier molecular flexibility index (Phi) is 5.14. The highest BCUT2D eigenvalue weighted by Gasteiger charge is 2.29. The molecule has 6 heteroatoms. The highest BCUT2D eigenvalue weighted by atomic mass is 16.5. The molecule has 0 atom stereocenters. The topological polar surface area (TPSA) is 78.9 Å². The summed E-state index contributed by atoms with van der Waals surface area (Å²) in [5.41, 5.74) is 3.96. The second-order valence-electron chi connectivity index (χ2n) is 6.56. The molecule has 0 saturated heterocycles. The van der Waals surface area contributed by atoms with Crippen molar-refractivity contribution < 1.29 is 19.5 Å². The Morgan fingerprint density at radius 2 is 1.97 bits per heavy atom. The van der Waals surface area contributed by atoms with Crippen LogP contribution >= 0.6 is 0 Å². The first-order valence-corrected chi connectivity index (χ1v) is 9.19. The fraction of sp³-hybridized carbons (Fsp3) is 0.130. The molecular weight excluding hydrogens is 368 g/mol. The average molecular weight is 386 g/mol. The number of hydrogen-bond acceptors (Lipinski definition) is 4. The molecule has 0 bridgehead atoms. The van der Waals surface area contributed by atoms with E-state index in [-0.39, 0.29) is 12.5 Å². The van der Waals surface area contributed by atoms with Gasteiger partial charge in [0, 0.05) is 11.1 Å². The molecule has 0 aromatic heterocycles. The summed E-state index contributed by atoms with van der Waals surface area (Å²) in [6, 6.07) is 13.9. The molecule has 144 valence electrons. The molecule has 2 aromatic carbocycles. The minimum Gasteiger partial charge on any atom is -0.455 e. The molecule has 4 rings (SSSR count). The van der Waals surface area contributed by atoms with Gasteiger partial charge in [-0.2, -0.15) is 0 Å². The van der Waals surface area contributed by atoms with E-state index in [0.717, 1.165) is 6.42 Å². The first kappa shape index (κ1) is 18.5. The molecule has 6 nitrogen and oxygen atoms in total. The highest BCUT2D eigenvalue weighted by Crippen LogP contribution is 2.36. The Morgan fingerprint density at radius 1 is 1.17 bits per heavy atom. The van der Waals surface area contributed by atoms with E-state index in [1.807, 2.05) is 36.4 Å². The summed E-state index contributed by atoms with van der Waals surface area (Å²) in [5.74, 6) is 6.59. The standard InChI is InChI=1S/C23H18N2O4/c26-22(24-28)17-13-11-16(12-14-17)6-5-15-25-19-8-2-4-10-21(19)29-20-9-3-1-7-18(20)23(25)27/h2-4,8-14,28H,1,7,15H2,(H,24,26). The van der Waals surface area contributed by atoms with E-state index in [9.17, 15) is 9.59 Å². The number of hydrogen-bond donors (Lipinski definition) is 2. The zero-order valence-electron chi connectivity index (χ0n) is 15.5. The predicted molar refractivity (Wildman–Crippen MR) is 107 cm³/mol. The summed E-state index contributed by atoms with van der Waals surface area (Å²) in [6.07, 6.45) is 5.30. The number of anilines is 1. The van der Waals surface area contributed by atoms with Gasteiger partial charge in [0.05, 0.1) is 17.8 Å². The van der Waals surface area contributed by atoms with E-state index in [4.69, 9.17) is 9.94 Å². The zero-order chi connectivity index (χ0) is 20.2. The van der Waals surface area contributed by atoms with Crippen LogP contribution in [0.15, 0.2) is 72.0 Å². The fourth-order valence-electron chi connectivity index (χ4n) is 3.25. The van der Waals surface area contributed by atoms with Gasteiger partial charge in [-0.25, -0.2) is 5.48 Å². The van der Waals surface area contributed by atoms with Crippen molar-refractivity contribution in [2.45, 2.75) is 12.8 Å². The minimum absolute atomic E-state index is 0.0986. The molecule has 1 heterocycles. The van der Waals surface area contributed by atoms with Crippen LogP contribution in [0.2, 0.25) is 0 Å². The van der Waals surface area contributed by atoms with Gasteiger partial charge in [-0.3, -0.25) is 19.7 Å². The van der Waals surface area contributed by atoms with Crippen LogP contribution < -0.4 is 15.1 Å². The molecule has 0 spiro atoms. The van der Waals surface area contributed by atoms with Gasteiger partial charge in [0.2, 0.25) is 0 Å². The largest absolute Gasteiger partial charge is 0.455 e. The highest BCUT2D eigenvalue weighted by molar-refractivity contribution is 6.08. The molecule has 1 aliphatic carbocycles. The lowest BCUT2D eigenvalue weighted by atomic mass is 10.0. The van der Waals surface area contributed by atoms with Crippen molar-refractivity contribution in [2.24, 2.45) is 0 Å². The molecule has 1 aliphatic heterocycles. The van der Waals surface area contributed by atoms with Crippen molar-refractivity contribution in [3.63, 3.8) is 0 Å². The number of allylic oxidation sites excluding steroid dienone is 2. The third-order valence-electron chi connectivity index (χ3n) is 4.73. The van der Waals surface area contributed by atoms with Crippen LogP contribution in [0.1, 0.15) is 28.8 Å². The van der Waals surface area contributed by atoms with E-state index in [2.05, 4.69) is 11.8 Å². The monoisotopic (exact) mass is 386 g/mol. The van der Waals surface area contributed by atoms with Crippen molar-refractivity contribution in [1.29, 1.82) is 0 Å². The van der Waals surface area contributed by atoms with E-state index in [0.29, 0.717) is 40.3 Å². The number of fused-ring (bicyclic) bond motifs is 1. The van der Waals surface area contributed by atoms with Crippen molar-refractivity contribution in [1.82, 2.24) is 5.48 Å². The Bertz CT molecular complexity index is 1090. The Labute approximate surface area is 168 Å². The smallest absolute Gasteiger partial charge is 0.274 e. The van der Waals surface area contributed by atoms with E-state index in [1.54, 1.807) is 34.6 Å². The second-order valence-corrected chi connectivity index (χ2v) is 6.56. The SMILES string of the molecule is O=C(NO)c1ccc(C#CCN2C(=O)C3=C(C=CCC3)Oc3ccccc32)cc1. The Morgan fingerprint density at radius 3 is 2.76 bits per heavy atom. The van der Waals surface area contributed by atoms with Gasteiger partial charge in [0.15, 0.2) is 5.75 Å². The summed E-state index contributed by atoms with van der Waals surface area (Å²) in [4.78, 5) is 26.2. The van der Waals surface area contributed by atoms with Crippen LogP contribution in [-0.4, -0.2) is 23.6 Å². The molecular formula is C23H18N2O4. The molecule has 0 unspecified atom stereocenters. The number of nitrogens with one attached hydrogen (secondary N) is 1. The molecule has 29 heavy (non-hydrogen) atoms. The maximum absolute atomic E-state index is 13.2.